The summed E-state index contributed by atoms with van der Waals surface area (Å²) in [5, 5.41) is 8.81. The number of ether oxygens (including phenoxy) is 1. The van der Waals surface area contributed by atoms with Gasteiger partial charge in [0.15, 0.2) is 0 Å². The lowest BCUT2D eigenvalue weighted by Crippen LogP contribution is -2.51. The molecule has 1 aliphatic rings. The fourth-order valence-corrected chi connectivity index (χ4v) is 1.37. The first-order valence-corrected chi connectivity index (χ1v) is 4.14. The van der Waals surface area contributed by atoms with E-state index in [1.54, 1.807) is 4.90 Å². The van der Waals surface area contributed by atoms with Gasteiger partial charge in [0.25, 0.3) is 0 Å². The molecule has 2 atom stereocenters. The third-order valence-corrected chi connectivity index (χ3v) is 2.11. The standard InChI is InChI=1S/C8H15NO3/c1-6-5-12-8(4-10)3-9(6)7(2)11/h6,8,10H,3-5H2,1-2H3. The summed E-state index contributed by atoms with van der Waals surface area (Å²) in [7, 11) is 0. The highest BCUT2D eigenvalue weighted by molar-refractivity contribution is 5.73. The second-order valence-electron chi connectivity index (χ2n) is 3.16. The van der Waals surface area contributed by atoms with Crippen LogP contribution in [-0.4, -0.2) is 47.8 Å². The molecular weight excluding hydrogens is 158 g/mol. The van der Waals surface area contributed by atoms with Crippen molar-refractivity contribution in [1.29, 1.82) is 0 Å². The molecule has 0 radical (unpaired) electrons. The van der Waals surface area contributed by atoms with E-state index in [2.05, 4.69) is 0 Å². The van der Waals surface area contributed by atoms with E-state index < -0.39 is 0 Å². The van der Waals surface area contributed by atoms with E-state index in [1.807, 2.05) is 6.92 Å². The lowest BCUT2D eigenvalue weighted by atomic mass is 10.2. The van der Waals surface area contributed by atoms with Crippen LogP contribution in [0.4, 0.5) is 0 Å². The molecule has 2 unspecified atom stereocenters. The molecule has 0 aromatic heterocycles. The van der Waals surface area contributed by atoms with E-state index in [-0.39, 0.29) is 24.7 Å². The average Bonchev–Trinajstić information content (AvgIpc) is 2.05. The number of hydrogen-bond donors (Lipinski definition) is 1. The van der Waals surface area contributed by atoms with Crippen LogP contribution in [0.1, 0.15) is 13.8 Å². The zero-order valence-corrected chi connectivity index (χ0v) is 7.49. The largest absolute Gasteiger partial charge is 0.394 e. The second-order valence-corrected chi connectivity index (χ2v) is 3.16. The van der Waals surface area contributed by atoms with Crippen LogP contribution in [-0.2, 0) is 9.53 Å². The minimum absolute atomic E-state index is 0.0174. The van der Waals surface area contributed by atoms with Gasteiger partial charge in [-0.2, -0.15) is 0 Å². The molecule has 70 valence electrons. The van der Waals surface area contributed by atoms with E-state index in [0.29, 0.717) is 13.2 Å². The first-order chi connectivity index (χ1) is 5.65. The summed E-state index contributed by atoms with van der Waals surface area (Å²) in [5.74, 6) is 0.0456. The maximum absolute atomic E-state index is 11.1. The first kappa shape index (κ1) is 9.48. The van der Waals surface area contributed by atoms with Gasteiger partial charge in [-0.3, -0.25) is 4.79 Å². The van der Waals surface area contributed by atoms with Crippen molar-refractivity contribution in [3.05, 3.63) is 0 Å². The summed E-state index contributed by atoms with van der Waals surface area (Å²) in [6, 6.07) is 0.130. The van der Waals surface area contributed by atoms with Crippen molar-refractivity contribution in [2.75, 3.05) is 19.8 Å². The lowest BCUT2D eigenvalue weighted by molar-refractivity contribution is -0.143. The average molecular weight is 173 g/mol. The minimum Gasteiger partial charge on any atom is -0.394 e. The second kappa shape index (κ2) is 3.87. The van der Waals surface area contributed by atoms with Crippen LogP contribution in [0, 0.1) is 0 Å². The Morgan fingerprint density at radius 2 is 2.42 bits per heavy atom. The molecule has 0 spiro atoms. The van der Waals surface area contributed by atoms with E-state index in [0.717, 1.165) is 0 Å². The Morgan fingerprint density at radius 1 is 1.75 bits per heavy atom. The smallest absolute Gasteiger partial charge is 0.219 e. The molecule has 0 aromatic carbocycles. The molecule has 1 saturated heterocycles. The maximum Gasteiger partial charge on any atom is 0.219 e. The third kappa shape index (κ3) is 1.95. The molecule has 1 aliphatic heterocycles. The number of nitrogens with zero attached hydrogens (tertiary/aromatic N) is 1. The van der Waals surface area contributed by atoms with Crippen molar-refractivity contribution in [2.24, 2.45) is 0 Å². The number of carbonyl (C=O) groups excluding carboxylic acids is 1. The Morgan fingerprint density at radius 3 is 2.92 bits per heavy atom. The maximum atomic E-state index is 11.1. The van der Waals surface area contributed by atoms with Crippen molar-refractivity contribution in [3.8, 4) is 0 Å². The van der Waals surface area contributed by atoms with Gasteiger partial charge in [-0.05, 0) is 6.92 Å². The van der Waals surface area contributed by atoms with Gasteiger partial charge in [0.05, 0.1) is 25.4 Å². The molecule has 0 aliphatic carbocycles. The molecule has 1 amide bonds. The SMILES string of the molecule is CC(=O)N1CC(CO)OCC1C. The molecule has 0 aromatic rings. The lowest BCUT2D eigenvalue weighted by Gasteiger charge is -2.36. The summed E-state index contributed by atoms with van der Waals surface area (Å²) in [5.41, 5.74) is 0. The topological polar surface area (TPSA) is 49.8 Å². The highest BCUT2D eigenvalue weighted by atomic mass is 16.5. The molecule has 0 saturated carbocycles. The van der Waals surface area contributed by atoms with Crippen molar-refractivity contribution in [3.63, 3.8) is 0 Å². The number of amides is 1. The van der Waals surface area contributed by atoms with Crippen LogP contribution >= 0.6 is 0 Å². The van der Waals surface area contributed by atoms with Crippen molar-refractivity contribution in [2.45, 2.75) is 26.0 Å². The van der Waals surface area contributed by atoms with Gasteiger partial charge in [-0.15, -0.1) is 0 Å². The van der Waals surface area contributed by atoms with E-state index >= 15 is 0 Å². The molecule has 1 rings (SSSR count). The summed E-state index contributed by atoms with van der Waals surface area (Å²) in [6.45, 7) is 4.49. The van der Waals surface area contributed by atoms with Gasteiger partial charge in [-0.25, -0.2) is 0 Å². The fourth-order valence-electron chi connectivity index (χ4n) is 1.37. The van der Waals surface area contributed by atoms with Crippen LogP contribution in [0.15, 0.2) is 0 Å². The van der Waals surface area contributed by atoms with E-state index in [9.17, 15) is 4.79 Å². The Hall–Kier alpha value is -0.610. The van der Waals surface area contributed by atoms with Crippen molar-refractivity contribution >= 4 is 5.91 Å². The number of aliphatic hydroxyl groups excluding tert-OH is 1. The van der Waals surface area contributed by atoms with Crippen LogP contribution in [0.5, 0.6) is 0 Å². The van der Waals surface area contributed by atoms with Gasteiger partial charge in [0.2, 0.25) is 5.91 Å². The summed E-state index contributed by atoms with van der Waals surface area (Å²) >= 11 is 0. The molecule has 4 nitrogen and oxygen atoms in total. The van der Waals surface area contributed by atoms with Gasteiger partial charge in [0.1, 0.15) is 0 Å². The van der Waals surface area contributed by atoms with Crippen molar-refractivity contribution < 1.29 is 14.6 Å². The van der Waals surface area contributed by atoms with Gasteiger partial charge >= 0.3 is 0 Å². The van der Waals surface area contributed by atoms with Crippen molar-refractivity contribution in [1.82, 2.24) is 4.90 Å². The molecule has 4 heteroatoms. The number of rotatable bonds is 1. The molecule has 1 heterocycles. The zero-order valence-electron chi connectivity index (χ0n) is 7.49. The predicted octanol–water partition coefficient (Wildman–Crippen LogP) is -0.385. The fraction of sp³-hybridized carbons (Fsp3) is 0.875. The summed E-state index contributed by atoms with van der Waals surface area (Å²) in [4.78, 5) is 12.8. The Balaban J connectivity index is 2.53. The quantitative estimate of drug-likeness (QED) is 0.587. The Kier molecular flexibility index (Phi) is 3.05. The van der Waals surface area contributed by atoms with Crippen LogP contribution in [0.25, 0.3) is 0 Å². The number of carbonyl (C=O) groups is 1. The predicted molar refractivity (Wildman–Crippen MR) is 43.7 cm³/mol. The normalized spacial score (nSPS) is 30.4. The van der Waals surface area contributed by atoms with Gasteiger partial charge in [-0.1, -0.05) is 0 Å². The summed E-state index contributed by atoms with van der Waals surface area (Å²) in [6.07, 6.45) is -0.204. The molecule has 12 heavy (non-hydrogen) atoms. The zero-order chi connectivity index (χ0) is 9.14. The Labute approximate surface area is 72.1 Å². The monoisotopic (exact) mass is 173 g/mol. The molecule has 1 N–H and O–H groups in total. The minimum atomic E-state index is -0.204. The summed E-state index contributed by atoms with van der Waals surface area (Å²) < 4.78 is 5.28. The van der Waals surface area contributed by atoms with Crippen LogP contribution < -0.4 is 0 Å². The number of aliphatic hydroxyl groups is 1. The highest BCUT2D eigenvalue weighted by Gasteiger charge is 2.26. The highest BCUT2D eigenvalue weighted by Crippen LogP contribution is 2.10. The molecular formula is C8H15NO3. The molecule has 0 bridgehead atoms. The van der Waals surface area contributed by atoms with E-state index in [1.165, 1.54) is 6.92 Å². The van der Waals surface area contributed by atoms with E-state index in [4.69, 9.17) is 9.84 Å². The Bertz CT molecular complexity index is 172. The van der Waals surface area contributed by atoms with Gasteiger partial charge < -0.3 is 14.7 Å². The number of morpholine rings is 1. The third-order valence-electron chi connectivity index (χ3n) is 2.11. The van der Waals surface area contributed by atoms with Crippen LogP contribution in [0.2, 0.25) is 0 Å². The first-order valence-electron chi connectivity index (χ1n) is 4.14. The van der Waals surface area contributed by atoms with Gasteiger partial charge in [0, 0.05) is 13.5 Å². The van der Waals surface area contributed by atoms with Crippen LogP contribution in [0.3, 0.4) is 0 Å². The molecule has 1 fully saturated rings. The number of hydrogen-bond acceptors (Lipinski definition) is 3.